The Kier molecular flexibility index (Phi) is 4.42. The van der Waals surface area contributed by atoms with E-state index in [1.54, 1.807) is 6.07 Å². The van der Waals surface area contributed by atoms with E-state index in [1.165, 1.54) is 19.2 Å². The van der Waals surface area contributed by atoms with Crippen LogP contribution in [-0.2, 0) is 4.74 Å². The number of nitrogens with one attached hydrogen (secondary N) is 1. The Morgan fingerprint density at radius 1 is 1.24 bits per heavy atom. The number of ether oxygens (including phenoxy) is 1. The molecule has 2 rings (SSSR count). The van der Waals surface area contributed by atoms with Crippen molar-refractivity contribution in [1.29, 1.82) is 0 Å². The molecule has 0 saturated heterocycles. The first-order valence-corrected chi connectivity index (χ1v) is 6.61. The minimum absolute atomic E-state index is 0.0260. The third kappa shape index (κ3) is 3.30. The molecule has 2 aromatic rings. The molecule has 0 saturated carbocycles. The van der Waals surface area contributed by atoms with Crippen LogP contribution >= 0.6 is 15.9 Å². The van der Waals surface area contributed by atoms with E-state index in [9.17, 15) is 13.6 Å². The van der Waals surface area contributed by atoms with Crippen molar-refractivity contribution in [3.05, 3.63) is 52.0 Å². The topological polar surface area (TPSA) is 64.3 Å². The fourth-order valence-corrected chi connectivity index (χ4v) is 2.01. The van der Waals surface area contributed by atoms with Crippen LogP contribution in [0, 0.1) is 11.6 Å². The number of nitrogen functional groups attached to an aromatic ring is 1. The lowest BCUT2D eigenvalue weighted by molar-refractivity contribution is 0.0602. The summed E-state index contributed by atoms with van der Waals surface area (Å²) in [7, 11) is 1.23. The van der Waals surface area contributed by atoms with E-state index in [1.807, 2.05) is 0 Å². The Bertz CT molecular complexity index is 708. The average Bonchev–Trinajstić information content (AvgIpc) is 2.45. The average molecular weight is 357 g/mol. The van der Waals surface area contributed by atoms with E-state index >= 15 is 0 Å². The van der Waals surface area contributed by atoms with Gasteiger partial charge in [-0.15, -0.1) is 0 Å². The van der Waals surface area contributed by atoms with Gasteiger partial charge in [0.25, 0.3) is 0 Å². The van der Waals surface area contributed by atoms with Crippen LogP contribution in [0.2, 0.25) is 0 Å². The Balaban J connectivity index is 2.36. The quantitative estimate of drug-likeness (QED) is 0.498. The highest BCUT2D eigenvalue weighted by Gasteiger charge is 2.13. The molecule has 0 heterocycles. The van der Waals surface area contributed by atoms with Crippen molar-refractivity contribution >= 4 is 39.0 Å². The highest BCUT2D eigenvalue weighted by molar-refractivity contribution is 9.10. The van der Waals surface area contributed by atoms with Crippen LogP contribution in [0.3, 0.4) is 0 Å². The highest BCUT2D eigenvalue weighted by atomic mass is 79.9. The molecule has 7 heteroatoms. The summed E-state index contributed by atoms with van der Waals surface area (Å²) < 4.78 is 31.8. The molecule has 110 valence electrons. The minimum atomic E-state index is -0.639. The monoisotopic (exact) mass is 356 g/mol. The van der Waals surface area contributed by atoms with Gasteiger partial charge in [-0.1, -0.05) is 0 Å². The largest absolute Gasteiger partial charge is 0.465 e. The predicted octanol–water partition coefficient (Wildman–Crippen LogP) is 3.84. The molecule has 2 aromatic carbocycles. The normalized spacial score (nSPS) is 10.3. The van der Waals surface area contributed by atoms with E-state index in [0.717, 1.165) is 12.1 Å². The zero-order chi connectivity index (χ0) is 15.6. The fraction of sp³-hybridized carbons (Fsp3) is 0.0714. The summed E-state index contributed by atoms with van der Waals surface area (Å²) in [5.74, 6) is -1.86. The Hall–Kier alpha value is -2.15. The molecular formula is C14H11BrF2N2O2. The molecule has 0 unspecified atom stereocenters. The van der Waals surface area contributed by atoms with Crippen LogP contribution in [0.25, 0.3) is 0 Å². The maximum absolute atomic E-state index is 13.7. The molecule has 0 amide bonds. The molecule has 3 N–H and O–H groups in total. The van der Waals surface area contributed by atoms with Crippen molar-refractivity contribution < 1.29 is 18.3 Å². The summed E-state index contributed by atoms with van der Waals surface area (Å²) in [6.45, 7) is 0. The van der Waals surface area contributed by atoms with Gasteiger partial charge in [-0.2, -0.15) is 0 Å². The number of nitrogens with two attached hydrogens (primary N) is 1. The number of methoxy groups -OCH3 is 1. The van der Waals surface area contributed by atoms with Crippen LogP contribution in [0.1, 0.15) is 10.4 Å². The Labute approximate surface area is 128 Å². The molecule has 0 aliphatic carbocycles. The van der Waals surface area contributed by atoms with Gasteiger partial charge in [0.1, 0.15) is 11.6 Å². The molecule has 0 spiro atoms. The fourth-order valence-electron chi connectivity index (χ4n) is 1.69. The van der Waals surface area contributed by atoms with Gasteiger partial charge in [-0.05, 0) is 40.2 Å². The van der Waals surface area contributed by atoms with Crippen molar-refractivity contribution in [3.8, 4) is 0 Å². The van der Waals surface area contributed by atoms with Gasteiger partial charge in [0.15, 0.2) is 0 Å². The van der Waals surface area contributed by atoms with Crippen LogP contribution in [0.4, 0.5) is 25.8 Å². The molecule has 0 aliphatic rings. The Morgan fingerprint density at radius 3 is 2.62 bits per heavy atom. The lowest BCUT2D eigenvalue weighted by Crippen LogP contribution is -2.06. The minimum Gasteiger partial charge on any atom is -0.465 e. The number of carbonyl (C=O) groups excluding carboxylic acids is 1. The van der Waals surface area contributed by atoms with Gasteiger partial charge < -0.3 is 15.8 Å². The molecule has 0 fully saturated rings. The number of halogens is 3. The number of anilines is 3. The van der Waals surface area contributed by atoms with Gasteiger partial charge in [0.2, 0.25) is 0 Å². The summed E-state index contributed by atoms with van der Waals surface area (Å²) in [6.07, 6.45) is 0. The zero-order valence-electron chi connectivity index (χ0n) is 10.9. The first kappa shape index (κ1) is 15.2. The number of hydrogen-bond acceptors (Lipinski definition) is 4. The predicted molar refractivity (Wildman–Crippen MR) is 79.5 cm³/mol. The standard InChI is InChI=1S/C14H11BrF2N2O2/c1-21-14(20)8-4-7(2-3-12(8)18)19-13-6-10(16)9(15)5-11(13)17/h2-6,19H,18H2,1H3. The number of esters is 1. The summed E-state index contributed by atoms with van der Waals surface area (Å²) in [4.78, 5) is 11.5. The first-order valence-electron chi connectivity index (χ1n) is 5.81. The molecule has 0 bridgehead atoms. The third-order valence-corrected chi connectivity index (χ3v) is 3.36. The first-order chi connectivity index (χ1) is 9.92. The van der Waals surface area contributed by atoms with Gasteiger partial charge >= 0.3 is 5.97 Å². The molecular weight excluding hydrogens is 346 g/mol. The SMILES string of the molecule is COC(=O)c1cc(Nc2cc(F)c(Br)cc2F)ccc1N. The van der Waals surface area contributed by atoms with Gasteiger partial charge in [0.05, 0.1) is 22.8 Å². The zero-order valence-corrected chi connectivity index (χ0v) is 12.5. The number of benzene rings is 2. The van der Waals surface area contributed by atoms with Crippen LogP contribution < -0.4 is 11.1 Å². The van der Waals surface area contributed by atoms with E-state index in [0.29, 0.717) is 5.69 Å². The van der Waals surface area contributed by atoms with Crippen molar-refractivity contribution in [3.63, 3.8) is 0 Å². The number of carbonyl (C=O) groups is 1. The summed E-state index contributed by atoms with van der Waals surface area (Å²) in [5, 5.41) is 2.69. The lowest BCUT2D eigenvalue weighted by Gasteiger charge is -2.11. The van der Waals surface area contributed by atoms with Crippen molar-refractivity contribution in [1.82, 2.24) is 0 Å². The van der Waals surface area contributed by atoms with E-state index in [2.05, 4.69) is 26.0 Å². The smallest absolute Gasteiger partial charge is 0.340 e. The third-order valence-electron chi connectivity index (χ3n) is 2.75. The molecule has 0 aromatic heterocycles. The molecule has 0 radical (unpaired) electrons. The van der Waals surface area contributed by atoms with Gasteiger partial charge in [0, 0.05) is 17.4 Å². The summed E-state index contributed by atoms with van der Waals surface area (Å²) in [6, 6.07) is 6.44. The number of hydrogen-bond donors (Lipinski definition) is 2. The van der Waals surface area contributed by atoms with Crippen LogP contribution in [-0.4, -0.2) is 13.1 Å². The second-order valence-electron chi connectivity index (χ2n) is 4.16. The van der Waals surface area contributed by atoms with E-state index in [-0.39, 0.29) is 21.4 Å². The van der Waals surface area contributed by atoms with Gasteiger partial charge in [-0.25, -0.2) is 13.6 Å². The molecule has 0 aliphatic heterocycles. The molecule has 21 heavy (non-hydrogen) atoms. The highest BCUT2D eigenvalue weighted by Crippen LogP contribution is 2.27. The number of rotatable bonds is 3. The summed E-state index contributed by atoms with van der Waals surface area (Å²) >= 11 is 2.89. The second-order valence-corrected chi connectivity index (χ2v) is 5.02. The molecule has 4 nitrogen and oxygen atoms in total. The Morgan fingerprint density at radius 2 is 1.95 bits per heavy atom. The van der Waals surface area contributed by atoms with Crippen molar-refractivity contribution in [2.24, 2.45) is 0 Å². The maximum atomic E-state index is 13.7. The van der Waals surface area contributed by atoms with Crippen molar-refractivity contribution in [2.75, 3.05) is 18.2 Å². The van der Waals surface area contributed by atoms with Crippen LogP contribution in [0.15, 0.2) is 34.8 Å². The van der Waals surface area contributed by atoms with Crippen molar-refractivity contribution in [2.45, 2.75) is 0 Å². The molecule has 0 atom stereocenters. The summed E-state index contributed by atoms with van der Waals surface area (Å²) in [5.41, 5.74) is 6.36. The lowest BCUT2D eigenvalue weighted by atomic mass is 10.1. The van der Waals surface area contributed by atoms with Gasteiger partial charge in [-0.3, -0.25) is 0 Å². The van der Waals surface area contributed by atoms with Crippen LogP contribution in [0.5, 0.6) is 0 Å². The van der Waals surface area contributed by atoms with E-state index < -0.39 is 17.6 Å². The second kappa shape index (κ2) is 6.09. The maximum Gasteiger partial charge on any atom is 0.340 e. The van der Waals surface area contributed by atoms with E-state index in [4.69, 9.17) is 5.73 Å².